The first-order chi connectivity index (χ1) is 4.33. The Morgan fingerprint density at radius 1 is 1.78 bits per heavy atom. The van der Waals surface area contributed by atoms with Crippen molar-refractivity contribution in [1.29, 1.82) is 0 Å². The van der Waals surface area contributed by atoms with Crippen molar-refractivity contribution >= 4 is 6.09 Å². The molecule has 0 unspecified atom stereocenters. The highest BCUT2D eigenvalue weighted by atomic mass is 16.6. The number of alkyl carbamates (subject to hydrolysis) is 1. The normalized spacial score (nSPS) is 23.2. The molecule has 50 valence electrons. The Morgan fingerprint density at radius 3 is 3.00 bits per heavy atom. The van der Waals surface area contributed by atoms with E-state index in [4.69, 9.17) is 4.74 Å². The summed E-state index contributed by atoms with van der Waals surface area (Å²) < 4.78 is 4.75. The molecule has 0 atom stereocenters. The average molecular weight is 127 g/mol. The number of rotatable bonds is 0. The van der Waals surface area contributed by atoms with Gasteiger partial charge in [0.05, 0.1) is 0 Å². The van der Waals surface area contributed by atoms with E-state index in [0.717, 1.165) is 12.2 Å². The lowest BCUT2D eigenvalue weighted by Gasteiger charge is -2.14. The molecule has 1 aliphatic rings. The van der Waals surface area contributed by atoms with E-state index in [1.807, 2.05) is 6.92 Å². The maximum absolute atomic E-state index is 10.5. The van der Waals surface area contributed by atoms with E-state index >= 15 is 0 Å². The summed E-state index contributed by atoms with van der Waals surface area (Å²) in [6, 6.07) is 0. The summed E-state index contributed by atoms with van der Waals surface area (Å²) in [5.74, 6) is 0.763. The van der Waals surface area contributed by atoms with Gasteiger partial charge in [-0.05, 0) is 13.0 Å². The van der Waals surface area contributed by atoms with Gasteiger partial charge in [0, 0.05) is 13.0 Å². The molecule has 3 heteroatoms. The molecule has 0 radical (unpaired) electrons. The van der Waals surface area contributed by atoms with Crippen LogP contribution in [0.5, 0.6) is 0 Å². The fraction of sp³-hybridized carbons (Fsp3) is 0.500. The monoisotopic (exact) mass is 127 g/mol. The van der Waals surface area contributed by atoms with Gasteiger partial charge in [-0.15, -0.1) is 0 Å². The fourth-order valence-electron chi connectivity index (χ4n) is 0.697. The van der Waals surface area contributed by atoms with E-state index in [1.165, 1.54) is 0 Å². The molecule has 1 rings (SSSR count). The zero-order chi connectivity index (χ0) is 6.69. The SMILES string of the molecule is C/C=C1\CCNC(=O)O1. The van der Waals surface area contributed by atoms with Gasteiger partial charge in [-0.3, -0.25) is 0 Å². The molecule has 1 saturated heterocycles. The van der Waals surface area contributed by atoms with E-state index in [9.17, 15) is 4.79 Å². The number of allylic oxidation sites excluding steroid dienone is 1. The molecule has 0 saturated carbocycles. The number of nitrogens with one attached hydrogen (secondary N) is 1. The number of hydrogen-bond donors (Lipinski definition) is 1. The zero-order valence-corrected chi connectivity index (χ0v) is 5.31. The fourth-order valence-corrected chi connectivity index (χ4v) is 0.697. The number of ether oxygens (including phenoxy) is 1. The lowest BCUT2D eigenvalue weighted by molar-refractivity contribution is 0.161. The van der Waals surface area contributed by atoms with Crippen molar-refractivity contribution in [3.63, 3.8) is 0 Å². The Bertz CT molecular complexity index is 151. The molecule has 0 aliphatic carbocycles. The Labute approximate surface area is 53.7 Å². The van der Waals surface area contributed by atoms with Crippen LogP contribution in [-0.4, -0.2) is 12.6 Å². The Kier molecular flexibility index (Phi) is 1.72. The van der Waals surface area contributed by atoms with Gasteiger partial charge in [0.1, 0.15) is 5.76 Å². The van der Waals surface area contributed by atoms with Crippen LogP contribution in [0, 0.1) is 0 Å². The first-order valence-corrected chi connectivity index (χ1v) is 2.94. The second kappa shape index (κ2) is 2.53. The predicted molar refractivity (Wildman–Crippen MR) is 32.9 cm³/mol. The quantitative estimate of drug-likeness (QED) is 0.527. The van der Waals surface area contributed by atoms with Crippen LogP contribution in [0.15, 0.2) is 11.8 Å². The third-order valence-corrected chi connectivity index (χ3v) is 1.19. The minimum Gasteiger partial charge on any atom is -0.415 e. The molecule has 1 N–H and O–H groups in total. The summed E-state index contributed by atoms with van der Waals surface area (Å²) in [4.78, 5) is 10.5. The molecule has 0 aromatic rings. The zero-order valence-electron chi connectivity index (χ0n) is 5.31. The highest BCUT2D eigenvalue weighted by Crippen LogP contribution is 2.06. The first-order valence-electron chi connectivity index (χ1n) is 2.94. The summed E-state index contributed by atoms with van der Waals surface area (Å²) in [7, 11) is 0. The number of amides is 1. The van der Waals surface area contributed by atoms with Crippen LogP contribution in [0.3, 0.4) is 0 Å². The van der Waals surface area contributed by atoms with Crippen molar-refractivity contribution in [1.82, 2.24) is 5.32 Å². The van der Waals surface area contributed by atoms with Crippen LogP contribution < -0.4 is 5.32 Å². The molecular formula is C6H9NO2. The number of carbonyl (C=O) groups excluding carboxylic acids is 1. The molecule has 0 spiro atoms. The third-order valence-electron chi connectivity index (χ3n) is 1.19. The van der Waals surface area contributed by atoms with Crippen molar-refractivity contribution in [2.45, 2.75) is 13.3 Å². The van der Waals surface area contributed by atoms with Gasteiger partial charge >= 0.3 is 6.09 Å². The minimum atomic E-state index is -0.339. The van der Waals surface area contributed by atoms with Crippen LogP contribution in [0.4, 0.5) is 4.79 Å². The Balaban J connectivity index is 2.51. The molecule has 3 nitrogen and oxygen atoms in total. The average Bonchev–Trinajstić information content (AvgIpc) is 1.88. The van der Waals surface area contributed by atoms with Crippen molar-refractivity contribution in [3.8, 4) is 0 Å². The van der Waals surface area contributed by atoms with Gasteiger partial charge in [-0.2, -0.15) is 0 Å². The van der Waals surface area contributed by atoms with Crippen molar-refractivity contribution < 1.29 is 9.53 Å². The summed E-state index contributed by atoms with van der Waals surface area (Å²) >= 11 is 0. The summed E-state index contributed by atoms with van der Waals surface area (Å²) in [5.41, 5.74) is 0. The lowest BCUT2D eigenvalue weighted by Crippen LogP contribution is -2.30. The molecule has 0 aromatic heterocycles. The lowest BCUT2D eigenvalue weighted by atomic mass is 10.3. The van der Waals surface area contributed by atoms with Crippen LogP contribution >= 0.6 is 0 Å². The molecule has 0 aromatic carbocycles. The smallest absolute Gasteiger partial charge is 0.412 e. The Morgan fingerprint density at radius 2 is 2.56 bits per heavy atom. The van der Waals surface area contributed by atoms with E-state index in [2.05, 4.69) is 5.32 Å². The molecular weight excluding hydrogens is 118 g/mol. The Hall–Kier alpha value is -0.990. The van der Waals surface area contributed by atoms with Gasteiger partial charge in [0.15, 0.2) is 0 Å². The van der Waals surface area contributed by atoms with Crippen LogP contribution in [0.2, 0.25) is 0 Å². The van der Waals surface area contributed by atoms with Crippen molar-refractivity contribution in [3.05, 3.63) is 11.8 Å². The molecule has 1 fully saturated rings. The number of carbonyl (C=O) groups is 1. The van der Waals surface area contributed by atoms with Crippen molar-refractivity contribution in [2.24, 2.45) is 0 Å². The topological polar surface area (TPSA) is 38.3 Å². The summed E-state index contributed by atoms with van der Waals surface area (Å²) in [6.45, 7) is 2.55. The van der Waals surface area contributed by atoms with Crippen LogP contribution in [-0.2, 0) is 4.74 Å². The van der Waals surface area contributed by atoms with Crippen LogP contribution in [0.25, 0.3) is 0 Å². The molecule has 1 heterocycles. The van der Waals surface area contributed by atoms with Gasteiger partial charge in [0.2, 0.25) is 0 Å². The molecule has 0 bridgehead atoms. The van der Waals surface area contributed by atoms with E-state index < -0.39 is 0 Å². The molecule has 1 aliphatic heterocycles. The second-order valence-electron chi connectivity index (χ2n) is 1.82. The maximum atomic E-state index is 10.5. The van der Waals surface area contributed by atoms with E-state index in [-0.39, 0.29) is 6.09 Å². The first kappa shape index (κ1) is 6.13. The van der Waals surface area contributed by atoms with E-state index in [1.54, 1.807) is 6.08 Å². The molecule has 1 amide bonds. The third kappa shape index (κ3) is 1.45. The van der Waals surface area contributed by atoms with Gasteiger partial charge < -0.3 is 10.1 Å². The standard InChI is InChI=1S/C6H9NO2/c1-2-5-3-4-7-6(8)9-5/h2H,3-4H2,1H3,(H,7,8)/b5-2+. The minimum absolute atomic E-state index is 0.339. The molecule has 9 heavy (non-hydrogen) atoms. The van der Waals surface area contributed by atoms with Crippen LogP contribution in [0.1, 0.15) is 13.3 Å². The number of hydrogen-bond acceptors (Lipinski definition) is 2. The highest BCUT2D eigenvalue weighted by molar-refractivity contribution is 5.69. The number of cyclic esters (lactones) is 1. The summed E-state index contributed by atoms with van der Waals surface area (Å²) in [5, 5.41) is 2.54. The van der Waals surface area contributed by atoms with Gasteiger partial charge in [-0.25, -0.2) is 4.79 Å². The van der Waals surface area contributed by atoms with E-state index in [0.29, 0.717) is 6.54 Å². The maximum Gasteiger partial charge on any atom is 0.412 e. The largest absolute Gasteiger partial charge is 0.415 e. The highest BCUT2D eigenvalue weighted by Gasteiger charge is 2.10. The van der Waals surface area contributed by atoms with Gasteiger partial charge in [0.25, 0.3) is 0 Å². The van der Waals surface area contributed by atoms with Gasteiger partial charge in [-0.1, -0.05) is 0 Å². The predicted octanol–water partition coefficient (Wildman–Crippen LogP) is 1.02. The van der Waals surface area contributed by atoms with Crippen molar-refractivity contribution in [2.75, 3.05) is 6.54 Å². The second-order valence-corrected chi connectivity index (χ2v) is 1.82. The summed E-state index contributed by atoms with van der Waals surface area (Å²) in [6.07, 6.45) is 2.27.